The van der Waals surface area contributed by atoms with E-state index in [0.29, 0.717) is 12.5 Å². The van der Waals surface area contributed by atoms with Crippen molar-refractivity contribution in [3.8, 4) is 0 Å². The average molecular weight is 272 g/mol. The normalized spacial score (nSPS) is 26.2. The summed E-state index contributed by atoms with van der Waals surface area (Å²) in [5.41, 5.74) is 0. The molecule has 0 aromatic carbocycles. The van der Waals surface area contributed by atoms with Gasteiger partial charge < -0.3 is 4.74 Å². The predicted molar refractivity (Wildman–Crippen MR) is 54.2 cm³/mol. The number of nitrogens with one attached hydrogen (secondary N) is 1. The van der Waals surface area contributed by atoms with Crippen LogP contribution in [-0.4, -0.2) is 32.3 Å². The highest BCUT2D eigenvalue weighted by Crippen LogP contribution is 2.17. The van der Waals surface area contributed by atoms with E-state index in [1.165, 1.54) is 0 Å². The van der Waals surface area contributed by atoms with Crippen molar-refractivity contribution in [2.45, 2.75) is 19.4 Å². The number of hydrogen-bond acceptors (Lipinski definition) is 3. The van der Waals surface area contributed by atoms with E-state index in [9.17, 15) is 8.42 Å². The summed E-state index contributed by atoms with van der Waals surface area (Å²) < 4.78 is 30.1. The summed E-state index contributed by atoms with van der Waals surface area (Å²) in [6.45, 7) is 3.27. The number of ether oxygens (including phenoxy) is 1. The molecule has 0 spiro atoms. The first-order valence-corrected chi connectivity index (χ1v) is 6.96. The molecule has 1 saturated heterocycles. The third-order valence-electron chi connectivity index (χ3n) is 2.18. The number of halogens is 1. The Bertz CT molecular complexity index is 248. The quantitative estimate of drug-likeness (QED) is 0.766. The minimum Gasteiger partial charge on any atom is -0.381 e. The van der Waals surface area contributed by atoms with Gasteiger partial charge in [-0.2, -0.15) is 0 Å². The van der Waals surface area contributed by atoms with Gasteiger partial charge in [0.25, 0.3) is 0 Å². The lowest BCUT2D eigenvalue weighted by Crippen LogP contribution is -2.38. The zero-order valence-corrected chi connectivity index (χ0v) is 9.90. The second-order valence-electron chi connectivity index (χ2n) is 3.25. The zero-order valence-electron chi connectivity index (χ0n) is 7.49. The largest absolute Gasteiger partial charge is 0.381 e. The maximum absolute atomic E-state index is 11.2. The van der Waals surface area contributed by atoms with E-state index in [1.54, 1.807) is 0 Å². The second kappa shape index (κ2) is 4.72. The van der Waals surface area contributed by atoms with Crippen LogP contribution in [0.2, 0.25) is 0 Å². The molecule has 1 fully saturated rings. The van der Waals surface area contributed by atoms with Crippen LogP contribution in [0.1, 0.15) is 13.3 Å². The van der Waals surface area contributed by atoms with E-state index in [1.807, 2.05) is 6.92 Å². The lowest BCUT2D eigenvalue weighted by atomic mass is 10.0. The summed E-state index contributed by atoms with van der Waals surface area (Å²) in [5.74, 6) is 0.314. The van der Waals surface area contributed by atoms with Crippen molar-refractivity contribution in [2.24, 2.45) is 5.92 Å². The van der Waals surface area contributed by atoms with Gasteiger partial charge in [0.15, 0.2) is 0 Å². The third-order valence-corrected chi connectivity index (χ3v) is 5.01. The van der Waals surface area contributed by atoms with E-state index >= 15 is 0 Å². The highest BCUT2D eigenvalue weighted by molar-refractivity contribution is 9.10. The molecular weight excluding hydrogens is 258 g/mol. The van der Waals surface area contributed by atoms with Gasteiger partial charge in [-0.3, -0.25) is 0 Å². The standard InChI is InChI=1S/C7H14BrNO3S/c1-6(7-2-3-12-4-7)9-13(10,11)5-8/h6-7,9H,2-5H2,1H3. The number of rotatable bonds is 4. The van der Waals surface area contributed by atoms with E-state index in [2.05, 4.69) is 20.7 Å². The van der Waals surface area contributed by atoms with Crippen LogP contribution >= 0.6 is 15.9 Å². The maximum atomic E-state index is 11.2. The summed E-state index contributed by atoms with van der Waals surface area (Å²) in [4.78, 5) is 0. The molecule has 1 N–H and O–H groups in total. The number of sulfonamides is 1. The summed E-state index contributed by atoms with van der Waals surface area (Å²) in [6, 6.07) is -0.0370. The average Bonchev–Trinajstić information content (AvgIpc) is 2.55. The lowest BCUT2D eigenvalue weighted by molar-refractivity contribution is 0.180. The van der Waals surface area contributed by atoms with Gasteiger partial charge in [0, 0.05) is 18.6 Å². The topological polar surface area (TPSA) is 55.4 Å². The van der Waals surface area contributed by atoms with Gasteiger partial charge in [0.1, 0.15) is 4.66 Å². The molecule has 2 atom stereocenters. The Morgan fingerprint density at radius 2 is 2.38 bits per heavy atom. The van der Waals surface area contributed by atoms with Gasteiger partial charge in [-0.15, -0.1) is 0 Å². The summed E-state index contributed by atoms with van der Waals surface area (Å²) in [5, 5.41) is 0. The van der Waals surface area contributed by atoms with Crippen LogP contribution in [0.3, 0.4) is 0 Å². The highest BCUT2D eigenvalue weighted by Gasteiger charge is 2.25. The van der Waals surface area contributed by atoms with Crippen LogP contribution < -0.4 is 4.72 Å². The second-order valence-corrected chi connectivity index (χ2v) is 6.31. The van der Waals surface area contributed by atoms with Crippen LogP contribution in [0.4, 0.5) is 0 Å². The summed E-state index contributed by atoms with van der Waals surface area (Å²) in [6.07, 6.45) is 0.936. The monoisotopic (exact) mass is 271 g/mol. The van der Waals surface area contributed by atoms with Gasteiger partial charge in [0.05, 0.1) is 6.61 Å². The molecule has 1 aliphatic rings. The molecule has 0 aromatic rings. The fourth-order valence-corrected chi connectivity index (χ4v) is 2.58. The van der Waals surface area contributed by atoms with E-state index in [4.69, 9.17) is 4.74 Å². The van der Waals surface area contributed by atoms with Gasteiger partial charge in [-0.05, 0) is 13.3 Å². The molecule has 0 saturated carbocycles. The Kier molecular flexibility index (Phi) is 4.15. The first-order chi connectivity index (χ1) is 6.05. The van der Waals surface area contributed by atoms with Gasteiger partial charge in [0.2, 0.25) is 10.0 Å². The molecule has 4 nitrogen and oxygen atoms in total. The molecule has 13 heavy (non-hydrogen) atoms. The summed E-state index contributed by atoms with van der Waals surface area (Å²) in [7, 11) is -3.15. The molecule has 0 amide bonds. The molecule has 0 aromatic heterocycles. The van der Waals surface area contributed by atoms with Gasteiger partial charge in [-0.1, -0.05) is 15.9 Å². The Labute approximate surface area is 87.2 Å². The fraction of sp³-hybridized carbons (Fsp3) is 1.00. The van der Waals surface area contributed by atoms with Crippen molar-refractivity contribution in [2.75, 3.05) is 17.9 Å². The molecule has 1 rings (SSSR count). The zero-order chi connectivity index (χ0) is 9.90. The van der Waals surface area contributed by atoms with Crippen LogP contribution in [0.25, 0.3) is 0 Å². The Morgan fingerprint density at radius 3 is 2.85 bits per heavy atom. The molecule has 0 aliphatic carbocycles. The van der Waals surface area contributed by atoms with Crippen molar-refractivity contribution in [1.29, 1.82) is 0 Å². The van der Waals surface area contributed by atoms with Gasteiger partial charge >= 0.3 is 0 Å². The SMILES string of the molecule is CC(NS(=O)(=O)CBr)C1CCOC1. The van der Waals surface area contributed by atoms with E-state index in [0.717, 1.165) is 13.0 Å². The van der Waals surface area contributed by atoms with Crippen molar-refractivity contribution < 1.29 is 13.2 Å². The molecule has 0 bridgehead atoms. The van der Waals surface area contributed by atoms with E-state index < -0.39 is 10.0 Å². The molecule has 6 heteroatoms. The lowest BCUT2D eigenvalue weighted by Gasteiger charge is -2.18. The van der Waals surface area contributed by atoms with Crippen LogP contribution in [0.5, 0.6) is 0 Å². The highest BCUT2D eigenvalue weighted by atomic mass is 79.9. The molecule has 0 radical (unpaired) electrons. The first-order valence-electron chi connectivity index (χ1n) is 4.19. The Balaban J connectivity index is 2.44. The van der Waals surface area contributed by atoms with Crippen LogP contribution in [0.15, 0.2) is 0 Å². The third kappa shape index (κ3) is 3.53. The minimum absolute atomic E-state index is 0.0370. The molecule has 2 unspecified atom stereocenters. The van der Waals surface area contributed by atoms with Crippen molar-refractivity contribution in [1.82, 2.24) is 4.72 Å². The number of alkyl halides is 1. The molecule has 1 heterocycles. The minimum atomic E-state index is -3.15. The predicted octanol–water partition coefficient (Wildman–Crippen LogP) is 0.683. The van der Waals surface area contributed by atoms with Crippen molar-refractivity contribution in [3.63, 3.8) is 0 Å². The molecular formula is C7H14BrNO3S. The smallest absolute Gasteiger partial charge is 0.221 e. The Morgan fingerprint density at radius 1 is 1.69 bits per heavy atom. The number of hydrogen-bond donors (Lipinski definition) is 1. The summed E-state index contributed by atoms with van der Waals surface area (Å²) >= 11 is 2.93. The van der Waals surface area contributed by atoms with Gasteiger partial charge in [-0.25, -0.2) is 13.1 Å². The maximum Gasteiger partial charge on any atom is 0.221 e. The first kappa shape index (κ1) is 11.4. The van der Waals surface area contributed by atoms with Crippen LogP contribution in [0, 0.1) is 5.92 Å². The Hall–Kier alpha value is 0.350. The van der Waals surface area contributed by atoms with E-state index in [-0.39, 0.29) is 10.7 Å². The molecule has 78 valence electrons. The molecule has 1 aliphatic heterocycles. The fourth-order valence-electron chi connectivity index (χ4n) is 1.36. The van der Waals surface area contributed by atoms with Crippen molar-refractivity contribution in [3.05, 3.63) is 0 Å². The van der Waals surface area contributed by atoms with Crippen molar-refractivity contribution >= 4 is 26.0 Å². The van der Waals surface area contributed by atoms with Crippen LogP contribution in [-0.2, 0) is 14.8 Å².